The van der Waals surface area contributed by atoms with E-state index in [1.807, 2.05) is 43.0 Å². The van der Waals surface area contributed by atoms with Crippen LogP contribution in [-0.2, 0) is 11.4 Å². The summed E-state index contributed by atoms with van der Waals surface area (Å²) in [4.78, 5) is 12.2. The second-order valence-corrected chi connectivity index (χ2v) is 7.52. The van der Waals surface area contributed by atoms with E-state index in [-0.39, 0.29) is 17.8 Å². The molecule has 138 valence electrons. The molecule has 2 N–H and O–H groups in total. The Morgan fingerprint density at radius 3 is 2.96 bits per heavy atom. The lowest BCUT2D eigenvalue weighted by atomic mass is 10.1. The fraction of sp³-hybridized carbons (Fsp3) is 0.350. The second kappa shape index (κ2) is 9.05. The van der Waals surface area contributed by atoms with Crippen molar-refractivity contribution in [1.29, 1.82) is 0 Å². The minimum absolute atomic E-state index is 0.0153. The number of benzene rings is 2. The van der Waals surface area contributed by atoms with Gasteiger partial charge in [0, 0.05) is 36.2 Å². The number of aryl methyl sites for hydroxylation is 1. The number of nitrogens with one attached hydrogen (secondary N) is 2. The molecule has 1 unspecified atom stereocenters. The molecule has 0 aliphatic carbocycles. The Morgan fingerprint density at radius 1 is 1.35 bits per heavy atom. The number of carbonyl (C=O) groups excluding carboxylic acids is 1. The molecule has 0 aromatic heterocycles. The van der Waals surface area contributed by atoms with E-state index in [4.69, 9.17) is 4.74 Å². The van der Waals surface area contributed by atoms with Gasteiger partial charge < -0.3 is 15.4 Å². The lowest BCUT2D eigenvalue weighted by Gasteiger charge is -2.22. The van der Waals surface area contributed by atoms with Crippen LogP contribution < -0.4 is 15.4 Å². The summed E-state index contributed by atoms with van der Waals surface area (Å²) in [7, 11) is 0. The van der Waals surface area contributed by atoms with Crippen LogP contribution in [0.15, 0.2) is 42.5 Å². The molecule has 1 aliphatic heterocycles. The number of hydrogen-bond donors (Lipinski definition) is 2. The number of rotatable bonds is 6. The predicted molar refractivity (Wildman–Crippen MR) is 104 cm³/mol. The van der Waals surface area contributed by atoms with Crippen molar-refractivity contribution in [3.63, 3.8) is 0 Å². The average molecular weight is 374 g/mol. The highest BCUT2D eigenvalue weighted by atomic mass is 32.2. The smallest absolute Gasteiger partial charge is 0.225 e. The van der Waals surface area contributed by atoms with Gasteiger partial charge in [-0.3, -0.25) is 4.79 Å². The van der Waals surface area contributed by atoms with E-state index in [0.717, 1.165) is 34.9 Å². The van der Waals surface area contributed by atoms with Crippen molar-refractivity contribution in [1.82, 2.24) is 5.32 Å². The zero-order valence-electron chi connectivity index (χ0n) is 14.8. The molecule has 26 heavy (non-hydrogen) atoms. The molecule has 3 rings (SSSR count). The van der Waals surface area contributed by atoms with Gasteiger partial charge in [0.25, 0.3) is 0 Å². The highest BCUT2D eigenvalue weighted by Crippen LogP contribution is 2.23. The quantitative estimate of drug-likeness (QED) is 0.809. The zero-order chi connectivity index (χ0) is 18.4. The molecular weight excluding hydrogens is 351 g/mol. The zero-order valence-corrected chi connectivity index (χ0v) is 15.6. The molecule has 0 radical (unpaired) electrons. The van der Waals surface area contributed by atoms with Crippen LogP contribution in [-0.4, -0.2) is 30.0 Å². The number of hydrogen-bond acceptors (Lipinski definition) is 4. The Hall–Kier alpha value is -2.05. The molecular formula is C20H23FN2O2S. The van der Waals surface area contributed by atoms with Gasteiger partial charge in [-0.2, -0.15) is 11.8 Å². The van der Waals surface area contributed by atoms with Crippen LogP contribution in [0.25, 0.3) is 0 Å². The first-order valence-corrected chi connectivity index (χ1v) is 9.84. The van der Waals surface area contributed by atoms with Gasteiger partial charge in [0.1, 0.15) is 18.2 Å². The SMILES string of the molecule is Cc1cc(OCc2cccc(F)c2)ccc1NC(=O)CC1CSCCN1. The molecule has 1 atom stereocenters. The van der Waals surface area contributed by atoms with Gasteiger partial charge in [0.15, 0.2) is 0 Å². The highest BCUT2D eigenvalue weighted by molar-refractivity contribution is 7.99. The lowest BCUT2D eigenvalue weighted by molar-refractivity contribution is -0.116. The summed E-state index contributed by atoms with van der Waals surface area (Å²) in [6.07, 6.45) is 0.476. The third kappa shape index (κ3) is 5.47. The summed E-state index contributed by atoms with van der Waals surface area (Å²) in [6.45, 7) is 3.19. The molecule has 1 aliphatic rings. The molecule has 0 bridgehead atoms. The van der Waals surface area contributed by atoms with Gasteiger partial charge in [-0.15, -0.1) is 0 Å². The number of amides is 1. The van der Waals surface area contributed by atoms with Crippen LogP contribution in [0, 0.1) is 12.7 Å². The van der Waals surface area contributed by atoms with E-state index >= 15 is 0 Å². The second-order valence-electron chi connectivity index (χ2n) is 6.37. The van der Waals surface area contributed by atoms with E-state index in [2.05, 4.69) is 10.6 Å². The average Bonchev–Trinajstić information content (AvgIpc) is 2.63. The van der Waals surface area contributed by atoms with Crippen molar-refractivity contribution >= 4 is 23.4 Å². The van der Waals surface area contributed by atoms with Gasteiger partial charge in [0.2, 0.25) is 5.91 Å². The van der Waals surface area contributed by atoms with Crippen molar-refractivity contribution in [2.45, 2.75) is 26.0 Å². The Morgan fingerprint density at radius 2 is 2.23 bits per heavy atom. The standard InChI is InChI=1S/C20H23FN2O2S/c1-14-9-18(25-12-15-3-2-4-16(21)10-15)5-6-19(14)23-20(24)11-17-13-26-8-7-22-17/h2-6,9-10,17,22H,7-8,11-13H2,1H3,(H,23,24). The van der Waals surface area contributed by atoms with Crippen molar-refractivity contribution in [2.24, 2.45) is 0 Å². The van der Waals surface area contributed by atoms with E-state index in [0.29, 0.717) is 18.8 Å². The van der Waals surface area contributed by atoms with E-state index in [1.165, 1.54) is 12.1 Å². The van der Waals surface area contributed by atoms with Crippen LogP contribution in [0.1, 0.15) is 17.5 Å². The van der Waals surface area contributed by atoms with Crippen molar-refractivity contribution in [2.75, 3.05) is 23.4 Å². The topological polar surface area (TPSA) is 50.4 Å². The molecule has 6 heteroatoms. The summed E-state index contributed by atoms with van der Waals surface area (Å²) >= 11 is 1.88. The molecule has 2 aromatic carbocycles. The van der Waals surface area contributed by atoms with E-state index < -0.39 is 0 Å². The van der Waals surface area contributed by atoms with Crippen LogP contribution in [0.5, 0.6) is 5.75 Å². The number of thioether (sulfide) groups is 1. The minimum Gasteiger partial charge on any atom is -0.489 e. The molecule has 1 amide bonds. The highest BCUT2D eigenvalue weighted by Gasteiger charge is 2.17. The van der Waals surface area contributed by atoms with Gasteiger partial charge >= 0.3 is 0 Å². The first-order valence-electron chi connectivity index (χ1n) is 8.69. The number of halogens is 1. The van der Waals surface area contributed by atoms with Crippen LogP contribution in [0.3, 0.4) is 0 Å². The number of anilines is 1. The molecule has 1 saturated heterocycles. The molecule has 4 nitrogen and oxygen atoms in total. The first kappa shape index (κ1) is 18.7. The summed E-state index contributed by atoms with van der Waals surface area (Å²) < 4.78 is 18.9. The van der Waals surface area contributed by atoms with Gasteiger partial charge in [-0.25, -0.2) is 4.39 Å². The van der Waals surface area contributed by atoms with Crippen LogP contribution in [0.2, 0.25) is 0 Å². The lowest BCUT2D eigenvalue weighted by Crippen LogP contribution is -2.39. The Labute approximate surface area is 157 Å². The van der Waals surface area contributed by atoms with Crippen LogP contribution >= 0.6 is 11.8 Å². The minimum atomic E-state index is -0.272. The molecule has 0 spiro atoms. The summed E-state index contributed by atoms with van der Waals surface area (Å²) in [6, 6.07) is 12.1. The molecule has 1 heterocycles. The van der Waals surface area contributed by atoms with Crippen molar-refractivity contribution in [3.8, 4) is 5.75 Å². The molecule has 1 fully saturated rings. The maximum absolute atomic E-state index is 13.2. The first-order chi connectivity index (χ1) is 12.6. The maximum Gasteiger partial charge on any atom is 0.225 e. The van der Waals surface area contributed by atoms with Gasteiger partial charge in [-0.05, 0) is 48.4 Å². The van der Waals surface area contributed by atoms with Crippen molar-refractivity contribution in [3.05, 3.63) is 59.4 Å². The van der Waals surface area contributed by atoms with Gasteiger partial charge in [0.05, 0.1) is 0 Å². The monoisotopic (exact) mass is 374 g/mol. The third-order valence-electron chi connectivity index (χ3n) is 4.20. The molecule has 2 aromatic rings. The van der Waals surface area contributed by atoms with E-state index in [1.54, 1.807) is 6.07 Å². The molecule has 0 saturated carbocycles. The largest absolute Gasteiger partial charge is 0.489 e. The third-order valence-corrected chi connectivity index (χ3v) is 5.33. The summed E-state index contributed by atoms with van der Waals surface area (Å²) in [5.41, 5.74) is 2.50. The predicted octanol–water partition coefficient (Wildman–Crippen LogP) is 3.75. The Bertz CT molecular complexity index is 763. The van der Waals surface area contributed by atoms with Crippen molar-refractivity contribution < 1.29 is 13.9 Å². The Balaban J connectivity index is 1.54. The summed E-state index contributed by atoms with van der Waals surface area (Å²) in [5.74, 6) is 2.51. The number of ether oxygens (including phenoxy) is 1. The Kier molecular flexibility index (Phi) is 6.52. The van der Waals surface area contributed by atoms with Gasteiger partial charge in [-0.1, -0.05) is 12.1 Å². The van der Waals surface area contributed by atoms with E-state index in [9.17, 15) is 9.18 Å². The van der Waals surface area contributed by atoms with Crippen LogP contribution in [0.4, 0.5) is 10.1 Å². The maximum atomic E-state index is 13.2. The normalized spacial score (nSPS) is 16.9. The number of carbonyl (C=O) groups is 1. The fourth-order valence-electron chi connectivity index (χ4n) is 2.84. The summed E-state index contributed by atoms with van der Waals surface area (Å²) in [5, 5.41) is 6.34. The fourth-order valence-corrected chi connectivity index (χ4v) is 3.78.